The summed E-state index contributed by atoms with van der Waals surface area (Å²) in [6.07, 6.45) is 1.50. The van der Waals surface area contributed by atoms with E-state index in [1.54, 1.807) is 4.68 Å². The van der Waals surface area contributed by atoms with E-state index in [0.29, 0.717) is 32.1 Å². The average molecular weight is 487 g/mol. The van der Waals surface area contributed by atoms with Crippen molar-refractivity contribution in [3.05, 3.63) is 12.2 Å². The molecule has 0 aromatic carbocycles. The van der Waals surface area contributed by atoms with Crippen molar-refractivity contribution in [3.63, 3.8) is 0 Å². The number of hydrogen-bond donors (Lipinski definition) is 1. The monoisotopic (exact) mass is 487 g/mol. The van der Waals surface area contributed by atoms with Crippen molar-refractivity contribution >= 4 is 40.0 Å². The van der Waals surface area contributed by atoms with Gasteiger partial charge in [0.05, 0.1) is 18.8 Å². The molecule has 146 valence electrons. The standard InChI is InChI=1S/C14H29N7O2S.HI/c1-6-15-14(19(4)11-13-17-12-18-20(13)5)16-9-10-24(22,23)21(7-2)8-3;/h12H,6-11H2,1-5H3,(H,15,16);1H. The summed E-state index contributed by atoms with van der Waals surface area (Å²) in [6.45, 7) is 8.05. The third-order valence-corrected chi connectivity index (χ3v) is 5.59. The van der Waals surface area contributed by atoms with Gasteiger partial charge in [0.1, 0.15) is 12.2 Å². The molecule has 0 spiro atoms. The molecule has 11 heteroatoms. The fourth-order valence-corrected chi connectivity index (χ4v) is 3.60. The molecule has 1 N–H and O–H groups in total. The van der Waals surface area contributed by atoms with Crippen molar-refractivity contribution in [2.75, 3.05) is 39.0 Å². The van der Waals surface area contributed by atoms with Gasteiger partial charge in [-0.2, -0.15) is 5.10 Å². The van der Waals surface area contributed by atoms with E-state index in [9.17, 15) is 8.42 Å². The predicted molar refractivity (Wildman–Crippen MR) is 111 cm³/mol. The van der Waals surface area contributed by atoms with Gasteiger partial charge in [0, 0.05) is 33.7 Å². The van der Waals surface area contributed by atoms with Crippen LogP contribution in [-0.4, -0.2) is 77.3 Å². The van der Waals surface area contributed by atoms with E-state index in [1.165, 1.54) is 10.6 Å². The van der Waals surface area contributed by atoms with Crippen LogP contribution in [-0.2, 0) is 23.6 Å². The molecular weight excluding hydrogens is 457 g/mol. The lowest BCUT2D eigenvalue weighted by Crippen LogP contribution is -2.39. The van der Waals surface area contributed by atoms with Crippen LogP contribution in [0.25, 0.3) is 0 Å². The van der Waals surface area contributed by atoms with Crippen molar-refractivity contribution in [3.8, 4) is 0 Å². The van der Waals surface area contributed by atoms with E-state index in [2.05, 4.69) is 20.4 Å². The number of aliphatic imine (C=N–C) groups is 1. The molecule has 25 heavy (non-hydrogen) atoms. The second kappa shape index (κ2) is 11.6. The van der Waals surface area contributed by atoms with Gasteiger partial charge >= 0.3 is 0 Å². The summed E-state index contributed by atoms with van der Waals surface area (Å²) >= 11 is 0. The molecule has 0 bridgehead atoms. The molecule has 0 fully saturated rings. The van der Waals surface area contributed by atoms with Gasteiger partial charge in [-0.1, -0.05) is 13.8 Å². The predicted octanol–water partition coefficient (Wildman–Crippen LogP) is 0.502. The maximum Gasteiger partial charge on any atom is 0.215 e. The molecule has 1 aromatic heterocycles. The van der Waals surface area contributed by atoms with Gasteiger partial charge in [0.2, 0.25) is 10.0 Å². The normalized spacial score (nSPS) is 12.2. The number of guanidine groups is 1. The van der Waals surface area contributed by atoms with Gasteiger partial charge in [-0.3, -0.25) is 9.67 Å². The van der Waals surface area contributed by atoms with Crippen LogP contribution in [0.1, 0.15) is 26.6 Å². The zero-order chi connectivity index (χ0) is 18.2. The lowest BCUT2D eigenvalue weighted by atomic mass is 10.5. The molecule has 0 aliphatic heterocycles. The van der Waals surface area contributed by atoms with Crippen LogP contribution in [0.15, 0.2) is 11.3 Å². The van der Waals surface area contributed by atoms with Gasteiger partial charge in [-0.25, -0.2) is 17.7 Å². The Kier molecular flexibility index (Phi) is 11.2. The lowest BCUT2D eigenvalue weighted by molar-refractivity contribution is 0.443. The highest BCUT2D eigenvalue weighted by molar-refractivity contribution is 14.0. The summed E-state index contributed by atoms with van der Waals surface area (Å²) in [7, 11) is 0.452. The number of sulfonamides is 1. The molecule has 0 saturated carbocycles. The van der Waals surface area contributed by atoms with Crippen molar-refractivity contribution in [1.29, 1.82) is 0 Å². The highest BCUT2D eigenvalue weighted by Crippen LogP contribution is 2.02. The van der Waals surface area contributed by atoms with E-state index in [0.717, 1.165) is 5.82 Å². The first kappa shape index (κ1) is 24.1. The van der Waals surface area contributed by atoms with E-state index >= 15 is 0 Å². The molecule has 1 heterocycles. The smallest absolute Gasteiger partial charge is 0.215 e. The van der Waals surface area contributed by atoms with Crippen LogP contribution in [0.4, 0.5) is 0 Å². The second-order valence-electron chi connectivity index (χ2n) is 5.29. The molecule has 0 aliphatic carbocycles. The number of nitrogens with zero attached hydrogens (tertiary/aromatic N) is 6. The highest BCUT2D eigenvalue weighted by Gasteiger charge is 2.18. The topological polar surface area (TPSA) is 95.7 Å². The van der Waals surface area contributed by atoms with Gasteiger partial charge in [0.15, 0.2) is 5.96 Å². The number of rotatable bonds is 9. The zero-order valence-corrected chi connectivity index (χ0v) is 18.8. The van der Waals surface area contributed by atoms with E-state index < -0.39 is 10.0 Å². The SMILES string of the molecule is CCNC(=NCCS(=O)(=O)N(CC)CC)N(C)Cc1ncnn1C.I. The largest absolute Gasteiger partial charge is 0.357 e. The third-order valence-electron chi connectivity index (χ3n) is 3.59. The van der Waals surface area contributed by atoms with Crippen molar-refractivity contribution in [2.45, 2.75) is 27.3 Å². The Morgan fingerprint density at radius 1 is 1.32 bits per heavy atom. The van der Waals surface area contributed by atoms with E-state index in [1.807, 2.05) is 39.8 Å². The molecule has 1 aromatic rings. The van der Waals surface area contributed by atoms with Crippen LogP contribution < -0.4 is 5.32 Å². The lowest BCUT2D eigenvalue weighted by Gasteiger charge is -2.22. The van der Waals surface area contributed by atoms with Crippen LogP contribution in [0.5, 0.6) is 0 Å². The number of halogens is 1. The summed E-state index contributed by atoms with van der Waals surface area (Å²) in [6, 6.07) is 0. The van der Waals surface area contributed by atoms with Crippen molar-refractivity contribution in [2.24, 2.45) is 12.0 Å². The third kappa shape index (κ3) is 7.44. The van der Waals surface area contributed by atoms with E-state index in [-0.39, 0.29) is 36.3 Å². The molecule has 0 amide bonds. The Morgan fingerprint density at radius 3 is 2.44 bits per heavy atom. The number of aromatic nitrogens is 3. The maximum absolute atomic E-state index is 12.2. The zero-order valence-electron chi connectivity index (χ0n) is 15.6. The van der Waals surface area contributed by atoms with Crippen molar-refractivity contribution in [1.82, 2.24) is 29.3 Å². The van der Waals surface area contributed by atoms with Crippen LogP contribution in [0.3, 0.4) is 0 Å². The first-order chi connectivity index (χ1) is 11.4. The Balaban J connectivity index is 0.00000576. The molecule has 0 aliphatic rings. The first-order valence-corrected chi connectivity index (χ1v) is 9.76. The first-order valence-electron chi connectivity index (χ1n) is 8.15. The quantitative estimate of drug-likeness (QED) is 0.310. The molecule has 1 rings (SSSR count). The minimum atomic E-state index is -3.26. The van der Waals surface area contributed by atoms with Crippen LogP contribution >= 0.6 is 24.0 Å². The summed E-state index contributed by atoms with van der Waals surface area (Å²) in [5.74, 6) is 1.45. The molecule has 0 radical (unpaired) electrons. The fourth-order valence-electron chi connectivity index (χ4n) is 2.23. The molecule has 0 unspecified atom stereocenters. The summed E-state index contributed by atoms with van der Waals surface area (Å²) in [4.78, 5) is 10.5. The van der Waals surface area contributed by atoms with E-state index in [4.69, 9.17) is 0 Å². The second-order valence-corrected chi connectivity index (χ2v) is 7.38. The summed E-state index contributed by atoms with van der Waals surface area (Å²) in [5, 5.41) is 7.21. The number of aryl methyl sites for hydroxylation is 1. The number of nitrogens with one attached hydrogen (secondary N) is 1. The van der Waals surface area contributed by atoms with Crippen LogP contribution in [0.2, 0.25) is 0 Å². The summed E-state index contributed by atoms with van der Waals surface area (Å²) in [5.41, 5.74) is 0. The Morgan fingerprint density at radius 2 is 1.96 bits per heavy atom. The highest BCUT2D eigenvalue weighted by atomic mass is 127. The van der Waals surface area contributed by atoms with Crippen molar-refractivity contribution < 1.29 is 8.42 Å². The fraction of sp³-hybridized carbons (Fsp3) is 0.786. The Bertz CT molecular complexity index is 629. The molecular formula is C14H30IN7O2S. The summed E-state index contributed by atoms with van der Waals surface area (Å²) < 4.78 is 27.6. The van der Waals surface area contributed by atoms with Gasteiger partial charge in [0.25, 0.3) is 0 Å². The molecule has 0 atom stereocenters. The van der Waals surface area contributed by atoms with Gasteiger partial charge in [-0.05, 0) is 6.92 Å². The maximum atomic E-state index is 12.2. The molecule has 0 saturated heterocycles. The van der Waals surface area contributed by atoms with Crippen LogP contribution in [0, 0.1) is 0 Å². The number of hydrogen-bond acceptors (Lipinski definition) is 5. The van der Waals surface area contributed by atoms with Gasteiger partial charge in [-0.15, -0.1) is 24.0 Å². The minimum Gasteiger partial charge on any atom is -0.357 e. The average Bonchev–Trinajstić information content (AvgIpc) is 2.92. The Hall–Kier alpha value is -0.950. The minimum absolute atomic E-state index is 0. The Labute approximate surface area is 168 Å². The van der Waals surface area contributed by atoms with Gasteiger partial charge < -0.3 is 10.2 Å². The molecule has 9 nitrogen and oxygen atoms in total.